The quantitative estimate of drug-likeness (QED) is 0.870. The lowest BCUT2D eigenvalue weighted by Crippen LogP contribution is -2.38. The standard InChI is InChI=1S/C12H17N5O2/c1-4-8(2)17(7-10(18)19)11-12-15-14-9(3)16(12)6-5-13-11/h5-6,8H,4,7H2,1-3H3,(H,18,19). The molecular formula is C12H17N5O2. The summed E-state index contributed by atoms with van der Waals surface area (Å²) in [5.74, 6) is 0.415. The van der Waals surface area contributed by atoms with Crippen molar-refractivity contribution in [3.63, 3.8) is 0 Å². The third-order valence-corrected chi connectivity index (χ3v) is 3.18. The molecule has 0 saturated carbocycles. The van der Waals surface area contributed by atoms with Crippen molar-refractivity contribution in [3.8, 4) is 0 Å². The number of aryl methyl sites for hydroxylation is 1. The average molecular weight is 263 g/mol. The minimum Gasteiger partial charge on any atom is -0.480 e. The molecule has 0 bridgehead atoms. The molecule has 2 aromatic heterocycles. The second-order valence-electron chi connectivity index (χ2n) is 4.47. The van der Waals surface area contributed by atoms with Crippen molar-refractivity contribution >= 4 is 17.4 Å². The zero-order valence-corrected chi connectivity index (χ0v) is 11.2. The molecule has 0 radical (unpaired) electrons. The van der Waals surface area contributed by atoms with Crippen LogP contribution in [0.5, 0.6) is 0 Å². The van der Waals surface area contributed by atoms with Crippen LogP contribution < -0.4 is 4.90 Å². The van der Waals surface area contributed by atoms with Crippen LogP contribution in [0.15, 0.2) is 12.4 Å². The first kappa shape index (κ1) is 13.3. The van der Waals surface area contributed by atoms with Gasteiger partial charge in [-0.3, -0.25) is 9.20 Å². The van der Waals surface area contributed by atoms with Crippen LogP contribution in [0.2, 0.25) is 0 Å². The smallest absolute Gasteiger partial charge is 0.323 e. The van der Waals surface area contributed by atoms with Crippen molar-refractivity contribution in [2.75, 3.05) is 11.4 Å². The molecule has 1 unspecified atom stereocenters. The number of carboxylic acid groups (broad SMARTS) is 1. The molecule has 7 heteroatoms. The van der Waals surface area contributed by atoms with E-state index in [-0.39, 0.29) is 12.6 Å². The first-order valence-electron chi connectivity index (χ1n) is 6.19. The number of fused-ring (bicyclic) bond motifs is 1. The van der Waals surface area contributed by atoms with E-state index in [2.05, 4.69) is 15.2 Å². The van der Waals surface area contributed by atoms with Crippen molar-refractivity contribution in [2.24, 2.45) is 0 Å². The van der Waals surface area contributed by atoms with Crippen molar-refractivity contribution < 1.29 is 9.90 Å². The summed E-state index contributed by atoms with van der Waals surface area (Å²) in [6.45, 7) is 5.72. The lowest BCUT2D eigenvalue weighted by molar-refractivity contribution is -0.135. The van der Waals surface area contributed by atoms with Gasteiger partial charge >= 0.3 is 5.97 Å². The summed E-state index contributed by atoms with van der Waals surface area (Å²) in [5, 5.41) is 17.1. The lowest BCUT2D eigenvalue weighted by atomic mass is 10.2. The number of nitrogens with zero attached hydrogens (tertiary/aromatic N) is 5. The van der Waals surface area contributed by atoms with E-state index in [1.165, 1.54) is 0 Å². The lowest BCUT2D eigenvalue weighted by Gasteiger charge is -2.27. The Labute approximate surface area is 110 Å². The number of anilines is 1. The highest BCUT2D eigenvalue weighted by Gasteiger charge is 2.21. The Hall–Kier alpha value is -2.18. The summed E-state index contributed by atoms with van der Waals surface area (Å²) in [5.41, 5.74) is 0.585. The summed E-state index contributed by atoms with van der Waals surface area (Å²) >= 11 is 0. The Morgan fingerprint density at radius 1 is 1.53 bits per heavy atom. The monoisotopic (exact) mass is 263 g/mol. The van der Waals surface area contributed by atoms with Gasteiger partial charge in [0.2, 0.25) is 5.65 Å². The first-order valence-corrected chi connectivity index (χ1v) is 6.19. The number of aromatic nitrogens is 4. The molecular weight excluding hydrogens is 246 g/mol. The number of hydrogen-bond donors (Lipinski definition) is 1. The minimum atomic E-state index is -0.889. The van der Waals surface area contributed by atoms with Crippen LogP contribution in [0.4, 0.5) is 5.82 Å². The molecule has 0 aliphatic carbocycles. The van der Waals surface area contributed by atoms with Gasteiger partial charge in [0.05, 0.1) is 0 Å². The van der Waals surface area contributed by atoms with Crippen molar-refractivity contribution in [1.82, 2.24) is 19.6 Å². The highest BCUT2D eigenvalue weighted by molar-refractivity contribution is 5.76. The molecule has 1 N–H and O–H groups in total. The van der Waals surface area contributed by atoms with Gasteiger partial charge in [-0.2, -0.15) is 0 Å². The number of rotatable bonds is 5. The van der Waals surface area contributed by atoms with Gasteiger partial charge in [-0.15, -0.1) is 10.2 Å². The molecule has 0 fully saturated rings. The Kier molecular flexibility index (Phi) is 3.64. The van der Waals surface area contributed by atoms with Crippen LogP contribution >= 0.6 is 0 Å². The van der Waals surface area contributed by atoms with Gasteiger partial charge in [0.15, 0.2) is 5.82 Å². The van der Waals surface area contributed by atoms with E-state index >= 15 is 0 Å². The van der Waals surface area contributed by atoms with E-state index in [1.807, 2.05) is 20.8 Å². The van der Waals surface area contributed by atoms with E-state index in [0.717, 1.165) is 12.2 Å². The molecule has 2 heterocycles. The topological polar surface area (TPSA) is 83.6 Å². The molecule has 0 aromatic carbocycles. The maximum absolute atomic E-state index is 11.0. The summed E-state index contributed by atoms with van der Waals surface area (Å²) in [4.78, 5) is 17.1. The van der Waals surface area contributed by atoms with E-state index in [9.17, 15) is 4.79 Å². The number of carboxylic acids is 1. The SMILES string of the molecule is CCC(C)N(CC(=O)O)c1nccn2c(C)nnc12. The van der Waals surface area contributed by atoms with Crippen LogP contribution in [-0.2, 0) is 4.79 Å². The van der Waals surface area contributed by atoms with Crippen molar-refractivity contribution in [2.45, 2.75) is 33.2 Å². The van der Waals surface area contributed by atoms with Gasteiger partial charge < -0.3 is 10.0 Å². The Bertz CT molecular complexity index is 595. The van der Waals surface area contributed by atoms with Crippen LogP contribution in [0.25, 0.3) is 5.65 Å². The molecule has 1 atom stereocenters. The zero-order chi connectivity index (χ0) is 14.0. The highest BCUT2D eigenvalue weighted by Crippen LogP contribution is 2.20. The Balaban J connectivity index is 2.52. The van der Waals surface area contributed by atoms with Crippen molar-refractivity contribution in [3.05, 3.63) is 18.2 Å². The van der Waals surface area contributed by atoms with Crippen molar-refractivity contribution in [1.29, 1.82) is 0 Å². The summed E-state index contributed by atoms with van der Waals surface area (Å²) in [7, 11) is 0. The van der Waals surface area contributed by atoms with Gasteiger partial charge in [-0.05, 0) is 20.3 Å². The Morgan fingerprint density at radius 3 is 2.89 bits per heavy atom. The van der Waals surface area contributed by atoms with Gasteiger partial charge in [-0.25, -0.2) is 4.98 Å². The van der Waals surface area contributed by atoms with E-state index in [4.69, 9.17) is 5.11 Å². The molecule has 19 heavy (non-hydrogen) atoms. The van der Waals surface area contributed by atoms with Crippen LogP contribution in [0.1, 0.15) is 26.1 Å². The maximum atomic E-state index is 11.0. The van der Waals surface area contributed by atoms with E-state index in [1.54, 1.807) is 21.7 Å². The fourth-order valence-corrected chi connectivity index (χ4v) is 1.94. The highest BCUT2D eigenvalue weighted by atomic mass is 16.4. The molecule has 0 amide bonds. The molecule has 2 rings (SSSR count). The molecule has 0 spiro atoms. The predicted octanol–water partition coefficient (Wildman–Crippen LogP) is 1.12. The summed E-state index contributed by atoms with van der Waals surface area (Å²) < 4.78 is 1.81. The molecule has 0 aliphatic heterocycles. The fraction of sp³-hybridized carbons (Fsp3) is 0.500. The van der Waals surface area contributed by atoms with Gasteiger partial charge in [-0.1, -0.05) is 6.92 Å². The number of hydrogen-bond acceptors (Lipinski definition) is 5. The molecule has 7 nitrogen and oxygen atoms in total. The van der Waals surface area contributed by atoms with Gasteiger partial charge in [0.1, 0.15) is 12.4 Å². The average Bonchev–Trinajstić information content (AvgIpc) is 2.77. The normalized spacial score (nSPS) is 12.6. The third-order valence-electron chi connectivity index (χ3n) is 3.18. The Morgan fingerprint density at radius 2 is 2.26 bits per heavy atom. The predicted molar refractivity (Wildman–Crippen MR) is 70.3 cm³/mol. The molecule has 0 saturated heterocycles. The fourth-order valence-electron chi connectivity index (χ4n) is 1.94. The maximum Gasteiger partial charge on any atom is 0.323 e. The molecule has 0 aliphatic rings. The van der Waals surface area contributed by atoms with E-state index in [0.29, 0.717) is 11.5 Å². The first-order chi connectivity index (χ1) is 9.04. The van der Waals surface area contributed by atoms with E-state index < -0.39 is 5.97 Å². The van der Waals surface area contributed by atoms with Gasteiger partial charge in [0.25, 0.3) is 0 Å². The van der Waals surface area contributed by atoms with Gasteiger partial charge in [0, 0.05) is 18.4 Å². The molecule has 2 aromatic rings. The number of carbonyl (C=O) groups is 1. The van der Waals surface area contributed by atoms with Crippen LogP contribution in [0.3, 0.4) is 0 Å². The largest absolute Gasteiger partial charge is 0.480 e. The second-order valence-corrected chi connectivity index (χ2v) is 4.47. The number of aliphatic carboxylic acids is 1. The zero-order valence-electron chi connectivity index (χ0n) is 11.2. The second kappa shape index (κ2) is 5.21. The van der Waals surface area contributed by atoms with Crippen LogP contribution in [0, 0.1) is 6.92 Å². The minimum absolute atomic E-state index is 0.0619. The molecule has 102 valence electrons. The summed E-state index contributed by atoms with van der Waals surface area (Å²) in [6.07, 6.45) is 4.22. The van der Waals surface area contributed by atoms with Crippen LogP contribution in [-0.4, -0.2) is 43.2 Å². The summed E-state index contributed by atoms with van der Waals surface area (Å²) in [6, 6.07) is 0.0619. The third kappa shape index (κ3) is 2.49.